The molecule has 0 aromatic heterocycles. The highest BCUT2D eigenvalue weighted by Gasteiger charge is 2.08. The Morgan fingerprint density at radius 1 is 1.11 bits per heavy atom. The van der Waals surface area contributed by atoms with Crippen LogP contribution >= 0.6 is 31.9 Å². The van der Waals surface area contributed by atoms with E-state index in [4.69, 9.17) is 10.5 Å². The normalized spacial score (nSPS) is 12.3. The first-order valence-electron chi connectivity index (χ1n) is 5.65. The van der Waals surface area contributed by atoms with E-state index in [-0.39, 0.29) is 11.9 Å². The van der Waals surface area contributed by atoms with E-state index in [1.807, 2.05) is 25.1 Å². The lowest BCUT2D eigenvalue weighted by atomic mass is 10.1. The molecular weight excluding hydrogens is 377 g/mol. The predicted molar refractivity (Wildman–Crippen MR) is 80.9 cm³/mol. The highest BCUT2D eigenvalue weighted by atomic mass is 79.9. The molecule has 0 saturated carbocycles. The zero-order valence-corrected chi connectivity index (χ0v) is 13.3. The molecule has 0 heterocycles. The van der Waals surface area contributed by atoms with Gasteiger partial charge in [0.2, 0.25) is 0 Å². The molecule has 0 bridgehead atoms. The summed E-state index contributed by atoms with van der Waals surface area (Å²) in [7, 11) is 0. The minimum Gasteiger partial charge on any atom is -0.456 e. The highest BCUT2D eigenvalue weighted by molar-refractivity contribution is 9.10. The topological polar surface area (TPSA) is 35.2 Å². The van der Waals surface area contributed by atoms with Gasteiger partial charge in [-0.05, 0) is 74.7 Å². The summed E-state index contributed by atoms with van der Waals surface area (Å²) in [6.45, 7) is 1.92. The first-order chi connectivity index (χ1) is 8.97. The van der Waals surface area contributed by atoms with E-state index in [1.165, 1.54) is 6.07 Å². The van der Waals surface area contributed by atoms with Gasteiger partial charge in [-0.15, -0.1) is 0 Å². The minimum absolute atomic E-state index is 0.0367. The van der Waals surface area contributed by atoms with E-state index in [1.54, 1.807) is 12.1 Å². The van der Waals surface area contributed by atoms with Crippen LogP contribution in [0.2, 0.25) is 0 Å². The highest BCUT2D eigenvalue weighted by Crippen LogP contribution is 2.33. The van der Waals surface area contributed by atoms with Crippen molar-refractivity contribution in [2.75, 3.05) is 0 Å². The summed E-state index contributed by atoms with van der Waals surface area (Å²) in [5.74, 6) is 0.893. The smallest absolute Gasteiger partial charge is 0.141 e. The number of benzene rings is 2. The molecule has 0 fully saturated rings. The maximum Gasteiger partial charge on any atom is 0.141 e. The SMILES string of the molecule is C[C@@H](N)c1ccc(Oc2ccc(F)c(Br)c2)c(Br)c1. The zero-order valence-electron chi connectivity index (χ0n) is 10.2. The molecule has 19 heavy (non-hydrogen) atoms. The van der Waals surface area contributed by atoms with Crippen molar-refractivity contribution in [3.05, 3.63) is 56.7 Å². The molecule has 1 atom stereocenters. The maximum atomic E-state index is 13.1. The van der Waals surface area contributed by atoms with Crippen molar-refractivity contribution in [1.29, 1.82) is 0 Å². The third-order valence-electron chi connectivity index (χ3n) is 2.60. The molecular formula is C14H12Br2FNO. The van der Waals surface area contributed by atoms with Gasteiger partial charge in [0.05, 0.1) is 8.95 Å². The quantitative estimate of drug-likeness (QED) is 0.787. The van der Waals surface area contributed by atoms with Gasteiger partial charge in [0.15, 0.2) is 0 Å². The van der Waals surface area contributed by atoms with E-state index < -0.39 is 0 Å². The second-order valence-electron chi connectivity index (χ2n) is 4.16. The Morgan fingerprint density at radius 3 is 2.42 bits per heavy atom. The van der Waals surface area contributed by atoms with Gasteiger partial charge in [0.25, 0.3) is 0 Å². The van der Waals surface area contributed by atoms with E-state index in [0.29, 0.717) is 16.0 Å². The molecule has 0 saturated heterocycles. The van der Waals surface area contributed by atoms with Gasteiger partial charge in [0, 0.05) is 6.04 Å². The van der Waals surface area contributed by atoms with Crippen LogP contribution in [-0.4, -0.2) is 0 Å². The summed E-state index contributed by atoms with van der Waals surface area (Å²) in [6, 6.07) is 10.1. The van der Waals surface area contributed by atoms with Crippen LogP contribution in [0.3, 0.4) is 0 Å². The van der Waals surface area contributed by atoms with Crippen LogP contribution in [0.5, 0.6) is 11.5 Å². The number of hydrogen-bond donors (Lipinski definition) is 1. The molecule has 0 aliphatic heterocycles. The van der Waals surface area contributed by atoms with Gasteiger partial charge in [-0.1, -0.05) is 6.07 Å². The fraction of sp³-hybridized carbons (Fsp3) is 0.143. The number of halogens is 3. The average Bonchev–Trinajstić information content (AvgIpc) is 2.36. The zero-order chi connectivity index (χ0) is 14.0. The van der Waals surface area contributed by atoms with Crippen molar-refractivity contribution in [2.45, 2.75) is 13.0 Å². The fourth-order valence-corrected chi connectivity index (χ4v) is 2.39. The molecule has 0 unspecified atom stereocenters. The van der Waals surface area contributed by atoms with Crippen molar-refractivity contribution < 1.29 is 9.13 Å². The number of hydrogen-bond acceptors (Lipinski definition) is 2. The molecule has 2 aromatic rings. The Bertz CT molecular complexity index is 602. The summed E-state index contributed by atoms with van der Waals surface area (Å²) >= 11 is 6.56. The number of ether oxygens (including phenoxy) is 1. The summed E-state index contributed by atoms with van der Waals surface area (Å²) in [5, 5.41) is 0. The van der Waals surface area contributed by atoms with Gasteiger partial charge in [0.1, 0.15) is 17.3 Å². The van der Waals surface area contributed by atoms with Gasteiger partial charge >= 0.3 is 0 Å². The molecule has 2 N–H and O–H groups in total. The first-order valence-corrected chi connectivity index (χ1v) is 7.24. The summed E-state index contributed by atoms with van der Waals surface area (Å²) in [5.41, 5.74) is 6.83. The Balaban J connectivity index is 2.25. The lowest BCUT2D eigenvalue weighted by Gasteiger charge is -2.11. The molecule has 2 aromatic carbocycles. The van der Waals surface area contributed by atoms with Crippen LogP contribution in [0.15, 0.2) is 45.3 Å². The van der Waals surface area contributed by atoms with E-state index in [2.05, 4.69) is 31.9 Å². The third-order valence-corrected chi connectivity index (χ3v) is 3.83. The van der Waals surface area contributed by atoms with Gasteiger partial charge < -0.3 is 10.5 Å². The fourth-order valence-electron chi connectivity index (χ4n) is 1.55. The predicted octanol–water partition coefficient (Wildman–Crippen LogP) is 5.16. The molecule has 0 amide bonds. The summed E-state index contributed by atoms with van der Waals surface area (Å²) in [4.78, 5) is 0. The Kier molecular flexibility index (Phi) is 4.60. The standard InChI is InChI=1S/C14H12Br2FNO/c1-8(18)9-2-5-14(12(16)6-9)19-10-3-4-13(17)11(15)7-10/h2-8H,18H2,1H3/t8-/m1/s1. The van der Waals surface area contributed by atoms with E-state index in [0.717, 1.165) is 10.0 Å². The van der Waals surface area contributed by atoms with E-state index in [9.17, 15) is 4.39 Å². The van der Waals surface area contributed by atoms with Crippen LogP contribution in [0.4, 0.5) is 4.39 Å². The summed E-state index contributed by atoms with van der Waals surface area (Å²) < 4.78 is 20.0. The second kappa shape index (κ2) is 6.03. The average molecular weight is 389 g/mol. The van der Waals surface area contributed by atoms with Crippen LogP contribution in [0, 0.1) is 5.82 Å². The van der Waals surface area contributed by atoms with Crippen molar-refractivity contribution in [1.82, 2.24) is 0 Å². The van der Waals surface area contributed by atoms with Crippen LogP contribution in [0.1, 0.15) is 18.5 Å². The molecule has 0 aliphatic rings. The number of nitrogens with two attached hydrogens (primary N) is 1. The van der Waals surface area contributed by atoms with Crippen LogP contribution in [-0.2, 0) is 0 Å². The molecule has 0 radical (unpaired) electrons. The molecule has 2 nitrogen and oxygen atoms in total. The molecule has 0 spiro atoms. The maximum absolute atomic E-state index is 13.1. The summed E-state index contributed by atoms with van der Waals surface area (Å²) in [6.07, 6.45) is 0. The van der Waals surface area contributed by atoms with Gasteiger partial charge in [-0.25, -0.2) is 4.39 Å². The Labute approximate surface area is 128 Å². The monoisotopic (exact) mass is 387 g/mol. The van der Waals surface area contributed by atoms with Gasteiger partial charge in [-0.2, -0.15) is 0 Å². The lowest BCUT2D eigenvalue weighted by molar-refractivity contribution is 0.476. The third kappa shape index (κ3) is 3.55. The molecule has 0 aliphatic carbocycles. The second-order valence-corrected chi connectivity index (χ2v) is 5.87. The van der Waals surface area contributed by atoms with E-state index >= 15 is 0 Å². The molecule has 100 valence electrons. The van der Waals surface area contributed by atoms with Crippen LogP contribution in [0.25, 0.3) is 0 Å². The van der Waals surface area contributed by atoms with Crippen molar-refractivity contribution in [2.24, 2.45) is 5.73 Å². The largest absolute Gasteiger partial charge is 0.456 e. The van der Waals surface area contributed by atoms with Gasteiger partial charge in [-0.3, -0.25) is 0 Å². The number of rotatable bonds is 3. The first kappa shape index (κ1) is 14.5. The Hall–Kier alpha value is -0.910. The lowest BCUT2D eigenvalue weighted by Crippen LogP contribution is -2.04. The van der Waals surface area contributed by atoms with Crippen molar-refractivity contribution >= 4 is 31.9 Å². The van der Waals surface area contributed by atoms with Crippen molar-refractivity contribution in [3.63, 3.8) is 0 Å². The van der Waals surface area contributed by atoms with Crippen LogP contribution < -0.4 is 10.5 Å². The minimum atomic E-state index is -0.321. The van der Waals surface area contributed by atoms with Crippen molar-refractivity contribution in [3.8, 4) is 11.5 Å². The molecule has 5 heteroatoms. The Morgan fingerprint density at radius 2 is 1.84 bits per heavy atom. The molecule has 2 rings (SSSR count).